The van der Waals surface area contributed by atoms with Crippen molar-refractivity contribution in [2.45, 2.75) is 77.1 Å². The molecule has 0 bridgehead atoms. The molecule has 2 heterocycles. The number of ether oxygens (including phenoxy) is 1. The predicted octanol–water partition coefficient (Wildman–Crippen LogP) is 4.44. The fourth-order valence-electron chi connectivity index (χ4n) is 5.58. The van der Waals surface area contributed by atoms with Gasteiger partial charge >= 0.3 is 12.3 Å². The molecule has 3 atom stereocenters. The van der Waals surface area contributed by atoms with E-state index in [1.54, 1.807) is 18.7 Å². The second-order valence-electron chi connectivity index (χ2n) is 10.5. The molecule has 40 heavy (non-hydrogen) atoms. The van der Waals surface area contributed by atoms with Crippen LogP contribution in [0.15, 0.2) is 48.5 Å². The van der Waals surface area contributed by atoms with Crippen LogP contribution in [0.25, 0.3) is 0 Å². The fraction of sp³-hybridized carbons (Fsp3) is 0.483. The van der Waals surface area contributed by atoms with Crippen LogP contribution in [0.3, 0.4) is 0 Å². The molecule has 2 aromatic rings. The molecule has 0 spiro atoms. The van der Waals surface area contributed by atoms with E-state index >= 15 is 0 Å². The number of nitrogens with two attached hydrogens (primary N) is 1. The first kappa shape index (κ1) is 29.4. The van der Waals surface area contributed by atoms with Gasteiger partial charge in [0, 0.05) is 19.0 Å². The molecule has 8 nitrogen and oxygen atoms in total. The van der Waals surface area contributed by atoms with E-state index in [1.165, 1.54) is 15.9 Å². The van der Waals surface area contributed by atoms with Crippen molar-refractivity contribution in [2.24, 2.45) is 5.73 Å². The molecule has 0 saturated carbocycles. The van der Waals surface area contributed by atoms with Gasteiger partial charge in [0.05, 0.1) is 12.1 Å². The number of alkyl halides is 3. The molecule has 0 aliphatic carbocycles. The lowest BCUT2D eigenvalue weighted by atomic mass is 9.96. The average molecular weight is 561 g/mol. The molecule has 2 unspecified atom stereocenters. The summed E-state index contributed by atoms with van der Waals surface area (Å²) in [6.45, 7) is 3.70. The van der Waals surface area contributed by atoms with Crippen LogP contribution in [0, 0.1) is 6.92 Å². The van der Waals surface area contributed by atoms with Crippen molar-refractivity contribution >= 4 is 17.9 Å². The normalized spacial score (nSPS) is 21.4. The summed E-state index contributed by atoms with van der Waals surface area (Å²) in [5.41, 5.74) is 6.36. The molecule has 2 aliphatic heterocycles. The summed E-state index contributed by atoms with van der Waals surface area (Å²) in [4.78, 5) is 44.7. The second kappa shape index (κ2) is 12.3. The van der Waals surface area contributed by atoms with Crippen LogP contribution >= 0.6 is 0 Å². The molecule has 2 aromatic carbocycles. The lowest BCUT2D eigenvalue weighted by Crippen LogP contribution is -2.72. The Morgan fingerprint density at radius 1 is 1.07 bits per heavy atom. The lowest BCUT2D eigenvalue weighted by molar-refractivity contribution is -0.171. The maximum Gasteiger partial charge on any atom is 0.416 e. The highest BCUT2D eigenvalue weighted by Gasteiger charge is 2.50. The standard InChI is InChI=1S/C29H35F3N4O4/c1-19-12-22(14-23(13-19)29(30,31)32)18-40-28(39)36-24(10-6-7-11-33)15-26(37)35-20(2)27(38)34(17-25(35)36)16-21-8-4-3-5-9-21/h3-5,8-9,12-14,20,24-25H,6-7,10-11,15-18,33H2,1-2H3/t20-,24?,25?/m0/s1. The van der Waals surface area contributed by atoms with Crippen molar-refractivity contribution in [1.29, 1.82) is 0 Å². The molecule has 216 valence electrons. The second-order valence-corrected chi connectivity index (χ2v) is 10.5. The van der Waals surface area contributed by atoms with Crippen LogP contribution in [0.2, 0.25) is 0 Å². The van der Waals surface area contributed by atoms with E-state index in [0.29, 0.717) is 37.9 Å². The van der Waals surface area contributed by atoms with Crippen molar-refractivity contribution in [3.05, 3.63) is 70.8 Å². The Hall–Kier alpha value is -3.60. The van der Waals surface area contributed by atoms with Crippen LogP contribution in [0.5, 0.6) is 0 Å². The van der Waals surface area contributed by atoms with Gasteiger partial charge in [-0.15, -0.1) is 0 Å². The topological polar surface area (TPSA) is 96.2 Å². The number of nitrogens with zero attached hydrogens (tertiary/aromatic N) is 3. The maximum absolute atomic E-state index is 13.6. The number of halogens is 3. The van der Waals surface area contributed by atoms with Crippen molar-refractivity contribution in [3.63, 3.8) is 0 Å². The smallest absolute Gasteiger partial charge is 0.416 e. The third-order valence-corrected chi connectivity index (χ3v) is 7.45. The first-order valence-corrected chi connectivity index (χ1v) is 13.5. The quantitative estimate of drug-likeness (QED) is 0.482. The molecular formula is C29H35F3N4O4. The minimum atomic E-state index is -4.53. The number of fused-ring (bicyclic) bond motifs is 1. The Labute approximate surface area is 231 Å². The van der Waals surface area contributed by atoms with Gasteiger partial charge in [-0.05, 0) is 56.5 Å². The summed E-state index contributed by atoms with van der Waals surface area (Å²) in [5, 5.41) is 0. The van der Waals surface area contributed by atoms with E-state index in [4.69, 9.17) is 10.5 Å². The molecular weight excluding hydrogens is 525 g/mol. The number of rotatable bonds is 8. The van der Waals surface area contributed by atoms with Gasteiger partial charge in [0.2, 0.25) is 11.8 Å². The van der Waals surface area contributed by atoms with Crippen LogP contribution < -0.4 is 5.73 Å². The van der Waals surface area contributed by atoms with Crippen LogP contribution in [0.4, 0.5) is 18.0 Å². The molecule has 0 radical (unpaired) electrons. The van der Waals surface area contributed by atoms with Gasteiger partial charge in [0.15, 0.2) is 0 Å². The maximum atomic E-state index is 13.6. The molecule has 2 saturated heterocycles. The summed E-state index contributed by atoms with van der Waals surface area (Å²) in [6.07, 6.45) is -4.12. The van der Waals surface area contributed by atoms with Gasteiger partial charge in [0.1, 0.15) is 18.8 Å². The summed E-state index contributed by atoms with van der Waals surface area (Å²) >= 11 is 0. The number of benzene rings is 2. The van der Waals surface area contributed by atoms with Crippen molar-refractivity contribution in [1.82, 2.24) is 14.7 Å². The number of hydrogen-bond acceptors (Lipinski definition) is 5. The zero-order chi connectivity index (χ0) is 29.0. The molecule has 0 aromatic heterocycles. The number of hydrogen-bond donors (Lipinski definition) is 1. The third-order valence-electron chi connectivity index (χ3n) is 7.45. The van der Waals surface area contributed by atoms with Gasteiger partial charge in [-0.3, -0.25) is 14.5 Å². The van der Waals surface area contributed by atoms with Crippen molar-refractivity contribution in [2.75, 3.05) is 13.1 Å². The summed E-state index contributed by atoms with van der Waals surface area (Å²) in [6, 6.07) is 11.7. The fourth-order valence-corrected chi connectivity index (χ4v) is 5.58. The SMILES string of the molecule is Cc1cc(COC(=O)N2C(CCCCN)CC(=O)N3C2CN(Cc2ccccc2)C(=O)[C@@H]3C)cc(C(F)(F)F)c1. The van der Waals surface area contributed by atoms with Crippen LogP contribution in [0.1, 0.15) is 54.9 Å². The van der Waals surface area contributed by atoms with E-state index in [1.807, 2.05) is 30.3 Å². The molecule has 2 fully saturated rings. The van der Waals surface area contributed by atoms with Crippen molar-refractivity contribution in [3.8, 4) is 0 Å². The van der Waals surface area contributed by atoms with Gasteiger partial charge in [-0.2, -0.15) is 13.2 Å². The van der Waals surface area contributed by atoms with Gasteiger partial charge in [-0.1, -0.05) is 48.4 Å². The molecule has 4 rings (SSSR count). The first-order valence-electron chi connectivity index (χ1n) is 13.5. The molecule has 2 aliphatic rings. The number of piperazine rings is 1. The van der Waals surface area contributed by atoms with Gasteiger partial charge < -0.3 is 20.3 Å². The number of unbranched alkanes of at least 4 members (excludes halogenated alkanes) is 1. The summed E-state index contributed by atoms with van der Waals surface area (Å²) < 4.78 is 45.6. The summed E-state index contributed by atoms with van der Waals surface area (Å²) in [5.74, 6) is -0.441. The molecule has 3 amide bonds. The minimum Gasteiger partial charge on any atom is -0.444 e. The predicted molar refractivity (Wildman–Crippen MR) is 141 cm³/mol. The zero-order valence-corrected chi connectivity index (χ0v) is 22.7. The highest BCUT2D eigenvalue weighted by Crippen LogP contribution is 2.33. The van der Waals surface area contributed by atoms with Crippen molar-refractivity contribution < 1.29 is 32.3 Å². The Morgan fingerprint density at radius 3 is 2.48 bits per heavy atom. The number of aryl methyl sites for hydroxylation is 1. The number of carbonyl (C=O) groups excluding carboxylic acids is 3. The molecule has 11 heteroatoms. The van der Waals surface area contributed by atoms with E-state index in [2.05, 4.69) is 0 Å². The van der Waals surface area contributed by atoms with Gasteiger partial charge in [0.25, 0.3) is 0 Å². The zero-order valence-electron chi connectivity index (χ0n) is 22.7. The number of carbonyl (C=O) groups is 3. The highest BCUT2D eigenvalue weighted by molar-refractivity contribution is 5.90. The summed E-state index contributed by atoms with van der Waals surface area (Å²) in [7, 11) is 0. The van der Waals surface area contributed by atoms with E-state index in [9.17, 15) is 27.6 Å². The third kappa shape index (κ3) is 6.57. The van der Waals surface area contributed by atoms with E-state index < -0.39 is 36.1 Å². The largest absolute Gasteiger partial charge is 0.444 e. The van der Waals surface area contributed by atoms with Crippen LogP contribution in [-0.4, -0.2) is 63.9 Å². The number of amides is 3. The highest BCUT2D eigenvalue weighted by atomic mass is 19.4. The van der Waals surface area contributed by atoms with Crippen LogP contribution in [-0.2, 0) is 33.7 Å². The minimum absolute atomic E-state index is 0.0230. The Bertz CT molecular complexity index is 1220. The monoisotopic (exact) mass is 560 g/mol. The average Bonchev–Trinajstić information content (AvgIpc) is 2.90. The first-order chi connectivity index (χ1) is 19.0. The molecule has 2 N–H and O–H groups in total. The lowest BCUT2D eigenvalue weighted by Gasteiger charge is -2.53. The van der Waals surface area contributed by atoms with Gasteiger partial charge in [-0.25, -0.2) is 4.79 Å². The van der Waals surface area contributed by atoms with E-state index in [-0.39, 0.29) is 37.0 Å². The Morgan fingerprint density at radius 2 is 1.80 bits per heavy atom. The Balaban J connectivity index is 1.60. The van der Waals surface area contributed by atoms with E-state index in [0.717, 1.165) is 17.7 Å². The Kier molecular flexibility index (Phi) is 9.02.